The van der Waals surface area contributed by atoms with Crippen molar-refractivity contribution in [3.63, 3.8) is 0 Å². The highest BCUT2D eigenvalue weighted by Gasteiger charge is 2.31. The largest absolute Gasteiger partial charge is 0.368 e. The van der Waals surface area contributed by atoms with Gasteiger partial charge in [-0.2, -0.15) is 0 Å². The first kappa shape index (κ1) is 18.8. The van der Waals surface area contributed by atoms with Gasteiger partial charge < -0.3 is 20.4 Å². The Kier molecular flexibility index (Phi) is 5.91. The molecular formula is C19H27ClN4O2. The zero-order valence-corrected chi connectivity index (χ0v) is 16.1. The van der Waals surface area contributed by atoms with E-state index in [9.17, 15) is 9.59 Å². The number of rotatable bonds is 5. The third kappa shape index (κ3) is 4.81. The smallest absolute Gasteiger partial charge is 0.318 e. The standard InChI is InChI=1S/C19H27ClN4O2/c1-13(2)17(18(25)21-15-5-6-15)22-19(26)24-11-9-23(10-12-24)16-7-3-14(20)4-8-16/h3-4,7-8,13,15,17H,5-6,9-12H2,1-2H3,(H,21,25)(H,22,26)/t17-/m0/s1. The van der Waals surface area contributed by atoms with Crippen molar-refractivity contribution in [2.75, 3.05) is 31.1 Å². The molecule has 1 aromatic carbocycles. The number of hydrogen-bond donors (Lipinski definition) is 2. The Morgan fingerprint density at radius 2 is 1.69 bits per heavy atom. The molecule has 0 spiro atoms. The first-order valence-corrected chi connectivity index (χ1v) is 9.68. The van der Waals surface area contributed by atoms with Gasteiger partial charge in [-0.1, -0.05) is 25.4 Å². The Bertz CT molecular complexity index is 637. The molecule has 0 unspecified atom stereocenters. The molecular weight excluding hydrogens is 352 g/mol. The van der Waals surface area contributed by atoms with Crippen LogP contribution in [-0.2, 0) is 4.79 Å². The molecule has 3 amide bonds. The van der Waals surface area contributed by atoms with E-state index in [1.54, 1.807) is 4.90 Å². The lowest BCUT2D eigenvalue weighted by Crippen LogP contribution is -2.57. The molecule has 0 bridgehead atoms. The molecule has 2 fully saturated rings. The minimum atomic E-state index is -0.489. The van der Waals surface area contributed by atoms with Gasteiger partial charge in [-0.25, -0.2) is 4.79 Å². The molecule has 2 aliphatic rings. The van der Waals surface area contributed by atoms with Crippen LogP contribution in [0.4, 0.5) is 10.5 Å². The number of amides is 3. The number of anilines is 1. The van der Waals surface area contributed by atoms with E-state index in [1.807, 2.05) is 38.1 Å². The zero-order chi connectivity index (χ0) is 18.7. The molecule has 2 N–H and O–H groups in total. The summed E-state index contributed by atoms with van der Waals surface area (Å²) in [5.41, 5.74) is 1.11. The van der Waals surface area contributed by atoms with Crippen LogP contribution in [0.15, 0.2) is 24.3 Å². The number of urea groups is 1. The maximum Gasteiger partial charge on any atom is 0.318 e. The maximum absolute atomic E-state index is 12.6. The lowest BCUT2D eigenvalue weighted by Gasteiger charge is -2.37. The van der Waals surface area contributed by atoms with Crippen LogP contribution in [-0.4, -0.2) is 55.1 Å². The van der Waals surface area contributed by atoms with Crippen LogP contribution in [0.25, 0.3) is 0 Å². The second kappa shape index (κ2) is 8.16. The third-order valence-electron chi connectivity index (χ3n) is 4.91. The predicted octanol–water partition coefficient (Wildman–Crippen LogP) is 2.47. The van der Waals surface area contributed by atoms with Crippen molar-refractivity contribution in [1.82, 2.24) is 15.5 Å². The van der Waals surface area contributed by atoms with Gasteiger partial charge in [-0.05, 0) is 43.0 Å². The summed E-state index contributed by atoms with van der Waals surface area (Å²) in [6.45, 7) is 6.68. The summed E-state index contributed by atoms with van der Waals surface area (Å²) in [6.07, 6.45) is 2.08. The van der Waals surface area contributed by atoms with Crippen LogP contribution in [0, 0.1) is 5.92 Å². The van der Waals surface area contributed by atoms with E-state index in [2.05, 4.69) is 15.5 Å². The molecule has 1 saturated carbocycles. The average Bonchev–Trinajstić information content (AvgIpc) is 3.44. The number of nitrogens with one attached hydrogen (secondary N) is 2. The van der Waals surface area contributed by atoms with Crippen LogP contribution in [0.3, 0.4) is 0 Å². The zero-order valence-electron chi connectivity index (χ0n) is 15.4. The Morgan fingerprint density at radius 3 is 2.23 bits per heavy atom. The Morgan fingerprint density at radius 1 is 1.08 bits per heavy atom. The van der Waals surface area contributed by atoms with E-state index >= 15 is 0 Å². The first-order valence-electron chi connectivity index (χ1n) is 9.30. The predicted molar refractivity (Wildman–Crippen MR) is 104 cm³/mol. The van der Waals surface area contributed by atoms with Crippen molar-refractivity contribution >= 4 is 29.2 Å². The normalized spacial score (nSPS) is 18.6. The summed E-state index contributed by atoms with van der Waals surface area (Å²) in [5, 5.41) is 6.62. The summed E-state index contributed by atoms with van der Waals surface area (Å²) < 4.78 is 0. The van der Waals surface area contributed by atoms with E-state index in [0.717, 1.165) is 36.6 Å². The number of carbonyl (C=O) groups is 2. The van der Waals surface area contributed by atoms with Crippen molar-refractivity contribution in [2.45, 2.75) is 38.8 Å². The van der Waals surface area contributed by atoms with Gasteiger partial charge in [-0.3, -0.25) is 4.79 Å². The molecule has 3 rings (SSSR count). The highest BCUT2D eigenvalue weighted by Crippen LogP contribution is 2.20. The molecule has 1 aliphatic heterocycles. The molecule has 0 aromatic heterocycles. The lowest BCUT2D eigenvalue weighted by molar-refractivity contribution is -0.124. The van der Waals surface area contributed by atoms with Crippen LogP contribution in [0.2, 0.25) is 5.02 Å². The van der Waals surface area contributed by atoms with Gasteiger partial charge in [0.15, 0.2) is 0 Å². The summed E-state index contributed by atoms with van der Waals surface area (Å²) >= 11 is 5.94. The molecule has 0 radical (unpaired) electrons. The number of nitrogens with zero attached hydrogens (tertiary/aromatic N) is 2. The van der Waals surface area contributed by atoms with Gasteiger partial charge in [0.05, 0.1) is 0 Å². The molecule has 1 aliphatic carbocycles. The van der Waals surface area contributed by atoms with E-state index < -0.39 is 6.04 Å². The van der Waals surface area contributed by atoms with E-state index in [1.165, 1.54) is 0 Å². The number of carbonyl (C=O) groups excluding carboxylic acids is 2. The van der Waals surface area contributed by atoms with Gasteiger partial charge in [0.25, 0.3) is 0 Å². The summed E-state index contributed by atoms with van der Waals surface area (Å²) in [7, 11) is 0. The fourth-order valence-electron chi connectivity index (χ4n) is 3.10. The fourth-order valence-corrected chi connectivity index (χ4v) is 3.22. The number of piperazine rings is 1. The second-order valence-corrected chi connectivity index (χ2v) is 7.84. The minimum absolute atomic E-state index is 0.0491. The Hall–Kier alpha value is -1.95. The lowest BCUT2D eigenvalue weighted by atomic mass is 10.0. The summed E-state index contributed by atoms with van der Waals surface area (Å²) in [4.78, 5) is 29.0. The highest BCUT2D eigenvalue weighted by molar-refractivity contribution is 6.30. The van der Waals surface area contributed by atoms with Crippen molar-refractivity contribution in [1.29, 1.82) is 0 Å². The molecule has 6 nitrogen and oxygen atoms in total. The van der Waals surface area contributed by atoms with E-state index in [-0.39, 0.29) is 17.9 Å². The molecule has 1 aromatic rings. The van der Waals surface area contributed by atoms with Crippen LogP contribution < -0.4 is 15.5 Å². The van der Waals surface area contributed by atoms with E-state index in [0.29, 0.717) is 19.1 Å². The number of benzene rings is 1. The first-order chi connectivity index (χ1) is 12.4. The van der Waals surface area contributed by atoms with Gasteiger partial charge in [0, 0.05) is 42.9 Å². The van der Waals surface area contributed by atoms with Crippen molar-refractivity contribution in [3.8, 4) is 0 Å². The topological polar surface area (TPSA) is 64.7 Å². The molecule has 26 heavy (non-hydrogen) atoms. The van der Waals surface area contributed by atoms with Crippen molar-refractivity contribution < 1.29 is 9.59 Å². The van der Waals surface area contributed by atoms with Gasteiger partial charge in [0.1, 0.15) is 6.04 Å². The monoisotopic (exact) mass is 378 g/mol. The summed E-state index contributed by atoms with van der Waals surface area (Å²) in [5.74, 6) is -0.0243. The molecule has 1 atom stereocenters. The molecule has 1 heterocycles. The fraction of sp³-hybridized carbons (Fsp3) is 0.579. The molecule has 1 saturated heterocycles. The molecule has 142 valence electrons. The SMILES string of the molecule is CC(C)[C@H](NC(=O)N1CCN(c2ccc(Cl)cc2)CC1)C(=O)NC1CC1. The maximum atomic E-state index is 12.6. The molecule has 7 heteroatoms. The van der Waals surface area contributed by atoms with E-state index in [4.69, 9.17) is 11.6 Å². The number of halogens is 1. The van der Waals surface area contributed by atoms with Crippen molar-refractivity contribution in [3.05, 3.63) is 29.3 Å². The van der Waals surface area contributed by atoms with Crippen LogP contribution in [0.1, 0.15) is 26.7 Å². The second-order valence-electron chi connectivity index (χ2n) is 7.40. The van der Waals surface area contributed by atoms with Crippen LogP contribution >= 0.6 is 11.6 Å². The number of hydrogen-bond acceptors (Lipinski definition) is 3. The summed E-state index contributed by atoms with van der Waals surface area (Å²) in [6, 6.07) is 7.39. The van der Waals surface area contributed by atoms with Gasteiger partial charge in [0.2, 0.25) is 5.91 Å². The van der Waals surface area contributed by atoms with Gasteiger partial charge in [-0.15, -0.1) is 0 Å². The highest BCUT2D eigenvalue weighted by atomic mass is 35.5. The average molecular weight is 379 g/mol. The minimum Gasteiger partial charge on any atom is -0.368 e. The quantitative estimate of drug-likeness (QED) is 0.827. The Labute approximate surface area is 159 Å². The Balaban J connectivity index is 1.51. The van der Waals surface area contributed by atoms with Crippen LogP contribution in [0.5, 0.6) is 0 Å². The van der Waals surface area contributed by atoms with Gasteiger partial charge >= 0.3 is 6.03 Å². The van der Waals surface area contributed by atoms with Crippen molar-refractivity contribution in [2.24, 2.45) is 5.92 Å². The third-order valence-corrected chi connectivity index (χ3v) is 5.16.